The standard InChI is InChI=1S/C13H12O5S/c1-9-2-4-11(5-3-9)19(16,17)13-8-18-10(7-14)6-12(13)15/h2-6,8,14H,7H2,1H3. The summed E-state index contributed by atoms with van der Waals surface area (Å²) in [5.41, 5.74) is 0.220. The smallest absolute Gasteiger partial charge is 0.213 e. The van der Waals surface area contributed by atoms with Gasteiger partial charge in [0.1, 0.15) is 18.6 Å². The SMILES string of the molecule is Cc1ccc(S(=O)(=O)c2coc(CO)cc2=O)cc1. The Balaban J connectivity index is 2.57. The summed E-state index contributed by atoms with van der Waals surface area (Å²) in [5.74, 6) is 0.0212. The van der Waals surface area contributed by atoms with E-state index in [4.69, 9.17) is 9.52 Å². The Morgan fingerprint density at radius 2 is 1.84 bits per heavy atom. The monoisotopic (exact) mass is 280 g/mol. The van der Waals surface area contributed by atoms with Crippen molar-refractivity contribution in [3.05, 3.63) is 58.1 Å². The molecule has 0 spiro atoms. The second-order valence-corrected chi connectivity index (χ2v) is 5.97. The zero-order valence-corrected chi connectivity index (χ0v) is 11.0. The Bertz CT molecular complexity index is 741. The average Bonchev–Trinajstić information content (AvgIpc) is 2.38. The molecule has 0 unspecified atom stereocenters. The van der Waals surface area contributed by atoms with Crippen LogP contribution in [0.1, 0.15) is 11.3 Å². The van der Waals surface area contributed by atoms with Crippen LogP contribution in [0.3, 0.4) is 0 Å². The van der Waals surface area contributed by atoms with Gasteiger partial charge in [-0.2, -0.15) is 0 Å². The van der Waals surface area contributed by atoms with Crippen LogP contribution in [0, 0.1) is 6.92 Å². The molecule has 0 saturated heterocycles. The highest BCUT2D eigenvalue weighted by molar-refractivity contribution is 7.91. The van der Waals surface area contributed by atoms with Crippen LogP contribution in [0.15, 0.2) is 55.6 Å². The van der Waals surface area contributed by atoms with Gasteiger partial charge in [-0.25, -0.2) is 8.42 Å². The molecule has 0 saturated carbocycles. The van der Waals surface area contributed by atoms with E-state index in [0.29, 0.717) is 0 Å². The van der Waals surface area contributed by atoms with Crippen LogP contribution in [0.5, 0.6) is 0 Å². The van der Waals surface area contributed by atoms with E-state index >= 15 is 0 Å². The predicted molar refractivity (Wildman–Crippen MR) is 67.5 cm³/mol. The fourth-order valence-corrected chi connectivity index (χ4v) is 2.81. The first kappa shape index (κ1) is 13.5. The molecule has 2 rings (SSSR count). The van der Waals surface area contributed by atoms with Crippen molar-refractivity contribution < 1.29 is 17.9 Å². The molecule has 100 valence electrons. The Kier molecular flexibility index (Phi) is 3.55. The van der Waals surface area contributed by atoms with Crippen LogP contribution in [-0.4, -0.2) is 13.5 Å². The van der Waals surface area contributed by atoms with E-state index in [-0.39, 0.29) is 10.7 Å². The largest absolute Gasteiger partial charge is 0.465 e. The summed E-state index contributed by atoms with van der Waals surface area (Å²) in [6.07, 6.45) is 0.864. The lowest BCUT2D eigenvalue weighted by Crippen LogP contribution is -2.15. The summed E-state index contributed by atoms with van der Waals surface area (Å²) in [6, 6.07) is 7.14. The van der Waals surface area contributed by atoms with Crippen molar-refractivity contribution >= 4 is 9.84 Å². The molecular formula is C13H12O5S. The molecule has 0 fully saturated rings. The summed E-state index contributed by atoms with van der Waals surface area (Å²) in [6.45, 7) is 1.38. The van der Waals surface area contributed by atoms with Gasteiger partial charge in [0.2, 0.25) is 15.3 Å². The summed E-state index contributed by atoms with van der Waals surface area (Å²) in [4.78, 5) is 11.3. The number of benzene rings is 1. The number of aryl methyl sites for hydroxylation is 1. The molecule has 5 nitrogen and oxygen atoms in total. The summed E-state index contributed by atoms with van der Waals surface area (Å²) in [5, 5.41) is 8.82. The van der Waals surface area contributed by atoms with Gasteiger partial charge in [0, 0.05) is 6.07 Å². The lowest BCUT2D eigenvalue weighted by Gasteiger charge is -2.04. The lowest BCUT2D eigenvalue weighted by atomic mass is 10.2. The van der Waals surface area contributed by atoms with Gasteiger partial charge in [-0.1, -0.05) is 17.7 Å². The Labute approximate surface area is 110 Å². The van der Waals surface area contributed by atoms with Crippen molar-refractivity contribution in [2.45, 2.75) is 23.3 Å². The molecular weight excluding hydrogens is 268 g/mol. The third kappa shape index (κ3) is 2.59. The topological polar surface area (TPSA) is 84.6 Å². The van der Waals surface area contributed by atoms with E-state index in [1.807, 2.05) is 6.92 Å². The van der Waals surface area contributed by atoms with Crippen LogP contribution in [0.25, 0.3) is 0 Å². The van der Waals surface area contributed by atoms with Crippen molar-refractivity contribution in [3.63, 3.8) is 0 Å². The van der Waals surface area contributed by atoms with Crippen molar-refractivity contribution in [1.82, 2.24) is 0 Å². The molecule has 1 N–H and O–H groups in total. The first-order valence-electron chi connectivity index (χ1n) is 5.49. The lowest BCUT2D eigenvalue weighted by molar-refractivity contribution is 0.242. The second-order valence-electron chi connectivity index (χ2n) is 4.05. The number of sulfone groups is 1. The summed E-state index contributed by atoms with van der Waals surface area (Å²) >= 11 is 0. The molecule has 0 amide bonds. The first-order chi connectivity index (χ1) is 8.95. The molecule has 19 heavy (non-hydrogen) atoms. The number of aliphatic hydroxyl groups excluding tert-OH is 1. The van der Waals surface area contributed by atoms with Gasteiger partial charge in [0.15, 0.2) is 4.90 Å². The highest BCUT2D eigenvalue weighted by Crippen LogP contribution is 2.18. The zero-order valence-electron chi connectivity index (χ0n) is 10.2. The fraction of sp³-hybridized carbons (Fsp3) is 0.154. The predicted octanol–water partition coefficient (Wildman–Crippen LogP) is 1.27. The molecule has 1 aromatic carbocycles. The summed E-state index contributed by atoms with van der Waals surface area (Å²) < 4.78 is 29.4. The van der Waals surface area contributed by atoms with E-state index in [2.05, 4.69) is 0 Å². The van der Waals surface area contributed by atoms with Gasteiger partial charge in [-0.15, -0.1) is 0 Å². The second kappa shape index (κ2) is 4.99. The molecule has 0 atom stereocenters. The highest BCUT2D eigenvalue weighted by atomic mass is 32.2. The van der Waals surface area contributed by atoms with Gasteiger partial charge >= 0.3 is 0 Å². The third-order valence-corrected chi connectivity index (χ3v) is 4.40. The minimum Gasteiger partial charge on any atom is -0.465 e. The Morgan fingerprint density at radius 3 is 2.37 bits per heavy atom. The molecule has 0 radical (unpaired) electrons. The van der Waals surface area contributed by atoms with Crippen molar-refractivity contribution in [2.24, 2.45) is 0 Å². The van der Waals surface area contributed by atoms with Crippen molar-refractivity contribution in [3.8, 4) is 0 Å². The van der Waals surface area contributed by atoms with Crippen molar-refractivity contribution in [2.75, 3.05) is 0 Å². The average molecular weight is 280 g/mol. The zero-order chi connectivity index (χ0) is 14.0. The maximum atomic E-state index is 12.2. The molecule has 0 aliphatic rings. The number of aliphatic hydroxyl groups is 1. The minimum absolute atomic E-state index is 0.0212. The number of hydrogen-bond donors (Lipinski definition) is 1. The number of rotatable bonds is 3. The molecule has 0 bridgehead atoms. The first-order valence-corrected chi connectivity index (χ1v) is 6.98. The van der Waals surface area contributed by atoms with E-state index in [1.165, 1.54) is 12.1 Å². The van der Waals surface area contributed by atoms with Gasteiger partial charge in [0.05, 0.1) is 4.90 Å². The molecule has 0 aliphatic carbocycles. The van der Waals surface area contributed by atoms with E-state index in [0.717, 1.165) is 17.9 Å². The van der Waals surface area contributed by atoms with Crippen LogP contribution in [0.2, 0.25) is 0 Å². The Morgan fingerprint density at radius 1 is 1.21 bits per heavy atom. The van der Waals surface area contributed by atoms with Gasteiger partial charge in [-0.05, 0) is 19.1 Å². The Hall–Kier alpha value is -1.92. The maximum Gasteiger partial charge on any atom is 0.213 e. The van der Waals surface area contributed by atoms with E-state index < -0.39 is 26.8 Å². The van der Waals surface area contributed by atoms with Crippen LogP contribution < -0.4 is 5.43 Å². The summed E-state index contributed by atoms with van der Waals surface area (Å²) in [7, 11) is -3.90. The molecule has 2 aromatic rings. The molecule has 6 heteroatoms. The maximum absolute atomic E-state index is 12.2. The van der Waals surface area contributed by atoms with Crippen molar-refractivity contribution in [1.29, 1.82) is 0 Å². The molecule has 1 heterocycles. The van der Waals surface area contributed by atoms with Crippen LogP contribution in [-0.2, 0) is 16.4 Å². The van der Waals surface area contributed by atoms with E-state index in [1.54, 1.807) is 12.1 Å². The number of hydrogen-bond acceptors (Lipinski definition) is 5. The third-order valence-electron chi connectivity index (χ3n) is 2.63. The molecule has 1 aromatic heterocycles. The fourth-order valence-electron chi connectivity index (χ4n) is 1.56. The van der Waals surface area contributed by atoms with Gasteiger partial charge in [0.25, 0.3) is 0 Å². The van der Waals surface area contributed by atoms with Crippen LogP contribution in [0.4, 0.5) is 0 Å². The quantitative estimate of drug-likeness (QED) is 0.915. The van der Waals surface area contributed by atoms with E-state index in [9.17, 15) is 13.2 Å². The highest BCUT2D eigenvalue weighted by Gasteiger charge is 2.22. The van der Waals surface area contributed by atoms with Crippen LogP contribution >= 0.6 is 0 Å². The normalized spacial score (nSPS) is 11.5. The minimum atomic E-state index is -3.90. The van der Waals surface area contributed by atoms with Gasteiger partial charge < -0.3 is 9.52 Å². The molecule has 0 aliphatic heterocycles. The van der Waals surface area contributed by atoms with Gasteiger partial charge in [-0.3, -0.25) is 4.79 Å².